The smallest absolute Gasteiger partial charge is 0.102 e. The van der Waals surface area contributed by atoms with E-state index in [0.717, 1.165) is 6.54 Å². The van der Waals surface area contributed by atoms with E-state index in [-0.39, 0.29) is 0 Å². The molecule has 0 spiro atoms. The molecule has 0 bridgehead atoms. The summed E-state index contributed by atoms with van der Waals surface area (Å²) in [4.78, 5) is 0. The lowest BCUT2D eigenvalue weighted by molar-refractivity contribution is -0.929. The molecule has 0 aromatic rings. The molecular formula is C36H76NO+. The van der Waals surface area contributed by atoms with Crippen LogP contribution in [0.4, 0.5) is 0 Å². The fourth-order valence-corrected chi connectivity index (χ4v) is 6.33. The predicted octanol–water partition coefficient (Wildman–Crippen LogP) is 11.8. The lowest BCUT2D eigenvalue weighted by atomic mass is 10.0. The molecule has 38 heavy (non-hydrogen) atoms. The first-order valence-electron chi connectivity index (χ1n) is 18.2. The Morgan fingerprint density at radius 2 is 0.500 bits per heavy atom. The number of nitrogens with zero attached hydrogens (tertiary/aromatic N) is 1. The highest BCUT2D eigenvalue weighted by Crippen LogP contribution is 2.19. The number of hydrogen-bond donors (Lipinski definition) is 1. The summed E-state index contributed by atoms with van der Waals surface area (Å²) in [6, 6.07) is 0. The first-order chi connectivity index (χ1) is 18.7. The van der Waals surface area contributed by atoms with Gasteiger partial charge in [-0.05, 0) is 38.5 Å². The van der Waals surface area contributed by atoms with E-state index < -0.39 is 0 Å². The lowest BCUT2D eigenvalue weighted by Gasteiger charge is -2.39. The Morgan fingerprint density at radius 1 is 0.289 bits per heavy atom. The summed E-state index contributed by atoms with van der Waals surface area (Å²) in [5, 5.41) is 10.0. The maximum atomic E-state index is 10.0. The summed E-state index contributed by atoms with van der Waals surface area (Å²) in [7, 11) is 0. The quantitative estimate of drug-likeness (QED) is 0.0650. The van der Waals surface area contributed by atoms with Gasteiger partial charge in [-0.1, -0.05) is 162 Å². The van der Waals surface area contributed by atoms with Crippen molar-refractivity contribution in [2.45, 2.75) is 201 Å². The van der Waals surface area contributed by atoms with E-state index in [1.807, 2.05) is 0 Å². The lowest BCUT2D eigenvalue weighted by Crippen LogP contribution is -2.51. The molecular weight excluding hydrogens is 462 g/mol. The molecule has 0 unspecified atom stereocenters. The number of aliphatic hydroxyl groups excluding tert-OH is 1. The zero-order valence-electron chi connectivity index (χ0n) is 27.2. The molecule has 0 aromatic heterocycles. The molecule has 0 saturated carbocycles. The van der Waals surface area contributed by atoms with Crippen molar-refractivity contribution in [2.24, 2.45) is 0 Å². The van der Waals surface area contributed by atoms with Crippen LogP contribution < -0.4 is 0 Å². The van der Waals surface area contributed by atoms with E-state index in [4.69, 9.17) is 0 Å². The van der Waals surface area contributed by atoms with E-state index in [1.165, 1.54) is 204 Å². The van der Waals surface area contributed by atoms with Crippen LogP contribution in [0, 0.1) is 0 Å². The first-order valence-corrected chi connectivity index (χ1v) is 18.2. The molecule has 0 saturated heterocycles. The van der Waals surface area contributed by atoms with E-state index in [1.54, 1.807) is 0 Å². The number of unbranched alkanes of at least 4 members (excludes halogenated alkanes) is 25. The van der Waals surface area contributed by atoms with E-state index in [2.05, 4.69) is 20.8 Å². The maximum Gasteiger partial charge on any atom is 0.102 e. The average molecular weight is 539 g/mol. The largest absolute Gasteiger partial charge is 0.391 e. The Kier molecular flexibility index (Phi) is 31.4. The van der Waals surface area contributed by atoms with Gasteiger partial charge in [0.1, 0.15) is 6.54 Å². The maximum absolute atomic E-state index is 10.0. The van der Waals surface area contributed by atoms with Gasteiger partial charge in [-0.2, -0.15) is 0 Å². The number of hydrogen-bond acceptors (Lipinski definition) is 1. The number of aliphatic hydroxyl groups is 1. The van der Waals surface area contributed by atoms with Crippen molar-refractivity contribution in [3.8, 4) is 0 Å². The second-order valence-electron chi connectivity index (χ2n) is 12.8. The van der Waals surface area contributed by atoms with Gasteiger partial charge in [-0.25, -0.2) is 0 Å². The predicted molar refractivity (Wildman–Crippen MR) is 173 cm³/mol. The number of quaternary nitrogens is 1. The molecule has 0 amide bonds. The van der Waals surface area contributed by atoms with E-state index in [9.17, 15) is 5.11 Å². The third kappa shape index (κ3) is 26.2. The van der Waals surface area contributed by atoms with Gasteiger partial charge >= 0.3 is 0 Å². The molecule has 0 aliphatic carbocycles. The van der Waals surface area contributed by atoms with Crippen LogP contribution in [0.5, 0.6) is 0 Å². The molecule has 0 radical (unpaired) electrons. The Morgan fingerprint density at radius 3 is 0.711 bits per heavy atom. The fourth-order valence-electron chi connectivity index (χ4n) is 6.33. The van der Waals surface area contributed by atoms with Crippen LogP contribution in [0.1, 0.15) is 201 Å². The molecule has 0 fully saturated rings. The monoisotopic (exact) mass is 539 g/mol. The summed E-state index contributed by atoms with van der Waals surface area (Å²) in [5.41, 5.74) is 0. The summed E-state index contributed by atoms with van der Waals surface area (Å²) < 4.78 is 1.21. The van der Waals surface area contributed by atoms with Gasteiger partial charge in [-0.3, -0.25) is 0 Å². The van der Waals surface area contributed by atoms with Gasteiger partial charge in [0.2, 0.25) is 0 Å². The van der Waals surface area contributed by atoms with E-state index in [0.29, 0.717) is 6.61 Å². The van der Waals surface area contributed by atoms with Gasteiger partial charge in [0, 0.05) is 0 Å². The van der Waals surface area contributed by atoms with Crippen LogP contribution in [0.3, 0.4) is 0 Å². The van der Waals surface area contributed by atoms with Crippen molar-refractivity contribution in [1.82, 2.24) is 0 Å². The molecule has 0 aliphatic heterocycles. The van der Waals surface area contributed by atoms with Gasteiger partial charge in [0.05, 0.1) is 26.2 Å². The van der Waals surface area contributed by atoms with Crippen molar-refractivity contribution < 1.29 is 9.59 Å². The van der Waals surface area contributed by atoms with E-state index >= 15 is 0 Å². The highest BCUT2D eigenvalue weighted by molar-refractivity contribution is 4.54. The molecule has 2 nitrogen and oxygen atoms in total. The summed E-state index contributed by atoms with van der Waals surface area (Å²) in [5.74, 6) is 0. The van der Waals surface area contributed by atoms with Crippen LogP contribution in [-0.2, 0) is 0 Å². The molecule has 0 atom stereocenters. The third-order valence-corrected chi connectivity index (χ3v) is 9.03. The zero-order chi connectivity index (χ0) is 27.8. The van der Waals surface area contributed by atoms with Crippen LogP contribution in [0.2, 0.25) is 0 Å². The zero-order valence-corrected chi connectivity index (χ0v) is 27.2. The Bertz CT molecular complexity index is 400. The van der Waals surface area contributed by atoms with Crippen molar-refractivity contribution in [1.29, 1.82) is 0 Å². The Balaban J connectivity index is 4.35. The topological polar surface area (TPSA) is 20.2 Å². The van der Waals surface area contributed by atoms with Crippen LogP contribution >= 0.6 is 0 Å². The second-order valence-corrected chi connectivity index (χ2v) is 12.8. The van der Waals surface area contributed by atoms with Crippen molar-refractivity contribution in [3.05, 3.63) is 0 Å². The van der Waals surface area contributed by atoms with Gasteiger partial charge in [0.25, 0.3) is 0 Å². The van der Waals surface area contributed by atoms with Crippen molar-refractivity contribution in [3.63, 3.8) is 0 Å². The van der Waals surface area contributed by atoms with Gasteiger partial charge in [0.15, 0.2) is 0 Å². The summed E-state index contributed by atoms with van der Waals surface area (Å²) in [6.45, 7) is 12.2. The van der Waals surface area contributed by atoms with Crippen LogP contribution in [0.25, 0.3) is 0 Å². The fraction of sp³-hybridized carbons (Fsp3) is 1.00. The molecule has 0 aliphatic rings. The van der Waals surface area contributed by atoms with Gasteiger partial charge < -0.3 is 9.59 Å². The van der Waals surface area contributed by atoms with Gasteiger partial charge in [-0.15, -0.1) is 0 Å². The number of rotatable bonds is 33. The molecule has 0 aromatic carbocycles. The average Bonchev–Trinajstić information content (AvgIpc) is 2.92. The van der Waals surface area contributed by atoms with Crippen molar-refractivity contribution in [2.75, 3.05) is 32.8 Å². The Labute approximate surface area is 242 Å². The Hall–Kier alpha value is -0.0800. The molecule has 230 valence electrons. The van der Waals surface area contributed by atoms with Crippen molar-refractivity contribution >= 4 is 0 Å². The third-order valence-electron chi connectivity index (χ3n) is 9.03. The minimum atomic E-state index is 0.368. The van der Waals surface area contributed by atoms with Crippen LogP contribution in [0.15, 0.2) is 0 Å². The minimum Gasteiger partial charge on any atom is -0.391 e. The normalized spacial score (nSPS) is 12.0. The van der Waals surface area contributed by atoms with Crippen LogP contribution in [-0.4, -0.2) is 42.4 Å². The molecule has 0 rings (SSSR count). The molecule has 0 heterocycles. The summed E-state index contributed by atoms with van der Waals surface area (Å²) in [6.07, 6.45) is 39.5. The SMILES string of the molecule is CCCCCCCCCCCC[N+](CCO)(CCCCCCCCCC)CCCCCCCCCCCC. The first kappa shape index (κ1) is 37.9. The molecule has 1 N–H and O–H groups in total. The second kappa shape index (κ2) is 31.4. The highest BCUT2D eigenvalue weighted by Gasteiger charge is 2.25. The minimum absolute atomic E-state index is 0.368. The highest BCUT2D eigenvalue weighted by atomic mass is 16.3. The molecule has 2 heteroatoms. The standard InChI is InChI=1S/C36H76NO/c1-4-7-10-13-16-19-21-24-27-30-33-37(35-36-38,32-29-26-23-18-15-12-9-6-3)34-31-28-25-22-20-17-14-11-8-5-2/h38H,4-36H2,1-3H3/q+1. The summed E-state index contributed by atoms with van der Waals surface area (Å²) >= 11 is 0.